The second-order valence-electron chi connectivity index (χ2n) is 7.84. The van der Waals surface area contributed by atoms with Crippen molar-refractivity contribution in [3.8, 4) is 5.75 Å². The van der Waals surface area contributed by atoms with Gasteiger partial charge in [0.1, 0.15) is 12.4 Å². The summed E-state index contributed by atoms with van der Waals surface area (Å²) in [4.78, 5) is 27.8. The van der Waals surface area contributed by atoms with Crippen LogP contribution in [-0.2, 0) is 16.1 Å². The predicted octanol–water partition coefficient (Wildman–Crippen LogP) is 1.45. The molecule has 4 rings (SSSR count). The summed E-state index contributed by atoms with van der Waals surface area (Å²) in [5.41, 5.74) is 1.81. The Morgan fingerprint density at radius 2 is 2.10 bits per heavy atom. The van der Waals surface area contributed by atoms with E-state index in [-0.39, 0.29) is 35.6 Å². The third-order valence-corrected chi connectivity index (χ3v) is 5.96. The van der Waals surface area contributed by atoms with Crippen molar-refractivity contribution >= 4 is 11.8 Å². The molecular formula is C21H27N5O4. The molecule has 9 heteroatoms. The van der Waals surface area contributed by atoms with Crippen molar-refractivity contribution in [1.29, 1.82) is 0 Å². The lowest BCUT2D eigenvalue weighted by Gasteiger charge is -2.36. The van der Waals surface area contributed by atoms with E-state index in [9.17, 15) is 9.59 Å². The van der Waals surface area contributed by atoms with Crippen molar-refractivity contribution in [2.75, 3.05) is 20.3 Å². The first-order valence-electron chi connectivity index (χ1n) is 10.3. The summed E-state index contributed by atoms with van der Waals surface area (Å²) in [5.74, 6) is 0.453. The number of carbonyl (C=O) groups is 2. The van der Waals surface area contributed by atoms with E-state index in [4.69, 9.17) is 9.47 Å². The zero-order valence-corrected chi connectivity index (χ0v) is 17.3. The van der Waals surface area contributed by atoms with Gasteiger partial charge >= 0.3 is 0 Å². The topological polar surface area (TPSA) is 109 Å². The van der Waals surface area contributed by atoms with Crippen LogP contribution in [0.5, 0.6) is 5.75 Å². The number of H-pyrrole nitrogens is 1. The Kier molecular flexibility index (Phi) is 5.98. The fraction of sp³-hybridized carbons (Fsp3) is 0.524. The monoisotopic (exact) mass is 413 g/mol. The highest BCUT2D eigenvalue weighted by molar-refractivity contribution is 5.93. The highest BCUT2D eigenvalue weighted by Gasteiger charge is 2.37. The lowest BCUT2D eigenvalue weighted by atomic mass is 9.82. The molecule has 1 aromatic heterocycles. The molecule has 1 aliphatic carbocycles. The number of hydrogen-bond donors (Lipinski definition) is 2. The van der Waals surface area contributed by atoms with Crippen LogP contribution in [0.15, 0.2) is 24.3 Å². The van der Waals surface area contributed by atoms with Crippen LogP contribution in [0.4, 0.5) is 0 Å². The Balaban J connectivity index is 1.45. The van der Waals surface area contributed by atoms with Crippen LogP contribution in [-0.4, -0.2) is 64.5 Å². The summed E-state index contributed by atoms with van der Waals surface area (Å²) in [5, 5.41) is 13.3. The Hall–Kier alpha value is -2.94. The molecule has 2 N–H and O–H groups in total. The molecule has 0 bridgehead atoms. The molecule has 1 saturated carbocycles. The molecule has 0 spiro atoms. The van der Waals surface area contributed by atoms with Gasteiger partial charge in [-0.15, -0.1) is 0 Å². The van der Waals surface area contributed by atoms with E-state index in [0.29, 0.717) is 38.2 Å². The fourth-order valence-corrected chi connectivity index (χ4v) is 4.31. The Bertz CT molecular complexity index is 914. The number of para-hydroxylation sites is 1. The quantitative estimate of drug-likeness (QED) is 0.785. The molecule has 0 radical (unpaired) electrons. The number of benzene rings is 1. The molecule has 9 nitrogen and oxygen atoms in total. The normalized spacial score (nSPS) is 23.8. The molecule has 160 valence electrons. The average Bonchev–Trinajstić information content (AvgIpc) is 3.07. The van der Waals surface area contributed by atoms with Crippen LogP contribution in [0, 0.1) is 12.8 Å². The number of aromatic nitrogens is 3. The van der Waals surface area contributed by atoms with Crippen LogP contribution >= 0.6 is 0 Å². The van der Waals surface area contributed by atoms with Gasteiger partial charge in [0.25, 0.3) is 5.91 Å². The van der Waals surface area contributed by atoms with E-state index in [0.717, 1.165) is 17.7 Å². The number of ether oxygens (including phenoxy) is 2. The van der Waals surface area contributed by atoms with E-state index >= 15 is 0 Å². The molecule has 1 aromatic carbocycles. The maximum absolute atomic E-state index is 13.3. The molecule has 30 heavy (non-hydrogen) atoms. The predicted molar refractivity (Wildman–Crippen MR) is 108 cm³/mol. The number of fused-ring (bicyclic) bond motifs is 1. The SMILES string of the molecule is CO[C@@H]1CC[C@H](C(=O)N2CCOc3ccccc3C2)C[C@H]1NC(=O)c1n[nH]nc1C. The second kappa shape index (κ2) is 8.83. The fourth-order valence-electron chi connectivity index (χ4n) is 4.31. The smallest absolute Gasteiger partial charge is 0.274 e. The number of rotatable bonds is 4. The molecule has 2 aliphatic rings. The molecule has 1 fully saturated rings. The molecule has 0 saturated heterocycles. The van der Waals surface area contributed by atoms with Gasteiger partial charge in [0, 0.05) is 25.1 Å². The van der Waals surface area contributed by atoms with Crippen LogP contribution < -0.4 is 10.1 Å². The van der Waals surface area contributed by atoms with Crippen LogP contribution in [0.25, 0.3) is 0 Å². The number of nitrogens with zero attached hydrogens (tertiary/aromatic N) is 3. The highest BCUT2D eigenvalue weighted by Crippen LogP contribution is 2.30. The van der Waals surface area contributed by atoms with Gasteiger partial charge in [-0.2, -0.15) is 15.4 Å². The average molecular weight is 413 g/mol. The lowest BCUT2D eigenvalue weighted by Crippen LogP contribution is -2.51. The minimum absolute atomic E-state index is 0.0988. The lowest BCUT2D eigenvalue weighted by molar-refractivity contribution is -0.138. The summed E-state index contributed by atoms with van der Waals surface area (Å²) in [6.45, 7) is 3.28. The van der Waals surface area contributed by atoms with E-state index in [1.165, 1.54) is 0 Å². The minimum Gasteiger partial charge on any atom is -0.491 e. The molecule has 1 aliphatic heterocycles. The zero-order valence-electron chi connectivity index (χ0n) is 17.3. The van der Waals surface area contributed by atoms with Crippen molar-refractivity contribution in [2.45, 2.75) is 44.9 Å². The van der Waals surface area contributed by atoms with Gasteiger partial charge in [-0.25, -0.2) is 0 Å². The summed E-state index contributed by atoms with van der Waals surface area (Å²) in [6.07, 6.45) is 1.82. The number of hydrogen-bond acceptors (Lipinski definition) is 6. The van der Waals surface area contributed by atoms with Gasteiger partial charge in [0.15, 0.2) is 5.69 Å². The van der Waals surface area contributed by atoms with Crippen molar-refractivity contribution in [3.05, 3.63) is 41.2 Å². The standard InChI is InChI=1S/C21H27N5O4/c1-13-19(24-25-23-13)20(27)22-16-11-14(7-8-18(16)29-2)21(28)26-9-10-30-17-6-4-3-5-15(17)12-26/h3-6,14,16,18H,7-12H2,1-2H3,(H,22,27)(H,23,24,25)/t14-,16+,18+/m0/s1. The number of nitrogens with one attached hydrogen (secondary N) is 2. The summed E-state index contributed by atoms with van der Waals surface area (Å²) in [6, 6.07) is 7.55. The molecule has 3 atom stereocenters. The highest BCUT2D eigenvalue weighted by atomic mass is 16.5. The van der Waals surface area contributed by atoms with Gasteiger partial charge < -0.3 is 19.7 Å². The first kappa shape index (κ1) is 20.3. The first-order chi connectivity index (χ1) is 14.6. The summed E-state index contributed by atoms with van der Waals surface area (Å²) >= 11 is 0. The second-order valence-corrected chi connectivity index (χ2v) is 7.84. The summed E-state index contributed by atoms with van der Waals surface area (Å²) in [7, 11) is 1.64. The molecular weight excluding hydrogens is 386 g/mol. The minimum atomic E-state index is -0.307. The zero-order chi connectivity index (χ0) is 21.1. The van der Waals surface area contributed by atoms with Gasteiger partial charge in [-0.3, -0.25) is 9.59 Å². The van der Waals surface area contributed by atoms with Crippen LogP contribution in [0.3, 0.4) is 0 Å². The third-order valence-electron chi connectivity index (χ3n) is 5.96. The first-order valence-corrected chi connectivity index (χ1v) is 10.3. The van der Waals surface area contributed by atoms with Crippen molar-refractivity contribution in [2.24, 2.45) is 5.92 Å². The maximum atomic E-state index is 13.3. The van der Waals surface area contributed by atoms with E-state index in [1.807, 2.05) is 29.2 Å². The number of aromatic amines is 1. The molecule has 2 aromatic rings. The summed E-state index contributed by atoms with van der Waals surface area (Å²) < 4.78 is 11.4. The number of carbonyl (C=O) groups excluding carboxylic acids is 2. The Morgan fingerprint density at radius 3 is 2.87 bits per heavy atom. The van der Waals surface area contributed by atoms with Gasteiger partial charge in [0.05, 0.1) is 24.4 Å². The van der Waals surface area contributed by atoms with Crippen LogP contribution in [0.1, 0.15) is 41.0 Å². The maximum Gasteiger partial charge on any atom is 0.274 e. The number of aryl methyl sites for hydroxylation is 1. The van der Waals surface area contributed by atoms with Crippen molar-refractivity contribution in [1.82, 2.24) is 25.6 Å². The third kappa shape index (κ3) is 4.16. The van der Waals surface area contributed by atoms with Crippen molar-refractivity contribution in [3.63, 3.8) is 0 Å². The van der Waals surface area contributed by atoms with Gasteiger partial charge in [-0.1, -0.05) is 18.2 Å². The number of amides is 2. The molecule has 2 heterocycles. The Labute approximate surface area is 175 Å². The Morgan fingerprint density at radius 1 is 1.27 bits per heavy atom. The van der Waals surface area contributed by atoms with E-state index in [2.05, 4.69) is 20.7 Å². The largest absolute Gasteiger partial charge is 0.491 e. The van der Waals surface area contributed by atoms with E-state index < -0.39 is 0 Å². The van der Waals surface area contributed by atoms with Crippen molar-refractivity contribution < 1.29 is 19.1 Å². The number of methoxy groups -OCH3 is 1. The van der Waals surface area contributed by atoms with Gasteiger partial charge in [-0.05, 0) is 32.3 Å². The molecule has 0 unspecified atom stereocenters. The van der Waals surface area contributed by atoms with Crippen LogP contribution in [0.2, 0.25) is 0 Å². The van der Waals surface area contributed by atoms with Gasteiger partial charge in [0.2, 0.25) is 5.91 Å². The molecule has 2 amide bonds. The van der Waals surface area contributed by atoms with E-state index in [1.54, 1.807) is 14.0 Å².